The van der Waals surface area contributed by atoms with Crippen LogP contribution in [0.1, 0.15) is 24.1 Å². The van der Waals surface area contributed by atoms with Gasteiger partial charge in [0.1, 0.15) is 0 Å². The zero-order chi connectivity index (χ0) is 16.2. The zero-order valence-electron chi connectivity index (χ0n) is 13.9. The van der Waals surface area contributed by atoms with Gasteiger partial charge in [-0.3, -0.25) is 9.88 Å². The first kappa shape index (κ1) is 15.8. The predicted molar refractivity (Wildman–Crippen MR) is 92.4 cm³/mol. The summed E-state index contributed by atoms with van der Waals surface area (Å²) in [4.78, 5) is 6.91. The quantitative estimate of drug-likeness (QED) is 0.847. The van der Waals surface area contributed by atoms with Gasteiger partial charge in [-0.2, -0.15) is 0 Å². The van der Waals surface area contributed by atoms with Crippen molar-refractivity contribution in [2.24, 2.45) is 0 Å². The molecule has 126 valence electrons. The summed E-state index contributed by atoms with van der Waals surface area (Å²) in [5, 5.41) is 0. The van der Waals surface area contributed by atoms with Crippen LogP contribution >= 0.6 is 0 Å². The summed E-state index contributed by atoms with van der Waals surface area (Å²) in [6.07, 6.45) is 4.29. The van der Waals surface area contributed by atoms with Crippen LogP contribution in [0.2, 0.25) is 0 Å². The van der Waals surface area contributed by atoms with Gasteiger partial charge in [-0.15, -0.1) is 0 Å². The molecule has 0 spiro atoms. The van der Waals surface area contributed by atoms with E-state index in [1.54, 1.807) is 0 Å². The summed E-state index contributed by atoms with van der Waals surface area (Å²) in [6.45, 7) is 3.46. The first-order valence-corrected chi connectivity index (χ1v) is 8.81. The van der Waals surface area contributed by atoms with Crippen molar-refractivity contribution in [1.29, 1.82) is 0 Å². The molecule has 24 heavy (non-hydrogen) atoms. The summed E-state index contributed by atoms with van der Waals surface area (Å²) in [7, 11) is 0. The third kappa shape index (κ3) is 3.51. The van der Waals surface area contributed by atoms with Gasteiger partial charge < -0.3 is 9.47 Å². The molecule has 0 radical (unpaired) electrons. The molecule has 2 aromatic rings. The molecule has 0 unspecified atom stereocenters. The molecule has 0 aliphatic carbocycles. The van der Waals surface area contributed by atoms with E-state index in [0.29, 0.717) is 12.6 Å². The lowest BCUT2D eigenvalue weighted by atomic mass is 9.95. The number of fused-ring (bicyclic) bond motifs is 1. The average molecular weight is 324 g/mol. The molecule has 0 saturated carbocycles. The molecule has 2 aliphatic heterocycles. The Hall–Kier alpha value is -1.75. The summed E-state index contributed by atoms with van der Waals surface area (Å²) in [6, 6.07) is 17.1. The van der Waals surface area contributed by atoms with Gasteiger partial charge in [-0.05, 0) is 30.5 Å². The largest absolute Gasteiger partial charge is 0.374 e. The summed E-state index contributed by atoms with van der Waals surface area (Å²) < 4.78 is 12.2. The molecule has 4 nitrogen and oxygen atoms in total. The second-order valence-electron chi connectivity index (χ2n) is 6.61. The molecule has 4 heteroatoms. The molecule has 4 rings (SSSR count). The maximum atomic E-state index is 6.17. The van der Waals surface area contributed by atoms with Crippen molar-refractivity contribution in [3.8, 4) is 0 Å². The Labute approximate surface area is 143 Å². The van der Waals surface area contributed by atoms with Crippen molar-refractivity contribution in [2.75, 3.05) is 13.2 Å². The van der Waals surface area contributed by atoms with Crippen LogP contribution in [0.4, 0.5) is 0 Å². The number of hydrogen-bond donors (Lipinski definition) is 0. The molecule has 0 N–H and O–H groups in total. The van der Waals surface area contributed by atoms with Crippen molar-refractivity contribution in [3.63, 3.8) is 0 Å². The van der Waals surface area contributed by atoms with Gasteiger partial charge >= 0.3 is 0 Å². The first-order valence-electron chi connectivity index (χ1n) is 8.81. The van der Waals surface area contributed by atoms with Crippen LogP contribution in [0.3, 0.4) is 0 Å². The van der Waals surface area contributed by atoms with E-state index in [9.17, 15) is 0 Å². The molecule has 0 amide bonds. The summed E-state index contributed by atoms with van der Waals surface area (Å²) >= 11 is 0. The van der Waals surface area contributed by atoms with E-state index in [4.69, 9.17) is 9.47 Å². The fourth-order valence-corrected chi connectivity index (χ4v) is 3.84. The Bertz CT molecular complexity index is 635. The Morgan fingerprint density at radius 2 is 1.96 bits per heavy atom. The van der Waals surface area contributed by atoms with E-state index in [-0.39, 0.29) is 12.2 Å². The molecular weight excluding hydrogens is 300 g/mol. The minimum absolute atomic E-state index is 0.173. The van der Waals surface area contributed by atoms with Crippen LogP contribution in [0.15, 0.2) is 54.7 Å². The van der Waals surface area contributed by atoms with E-state index in [2.05, 4.69) is 40.2 Å². The van der Waals surface area contributed by atoms with Crippen LogP contribution in [-0.4, -0.2) is 41.3 Å². The highest BCUT2D eigenvalue weighted by atomic mass is 16.5. The number of hydrogen-bond acceptors (Lipinski definition) is 4. The highest BCUT2D eigenvalue weighted by molar-refractivity contribution is 5.15. The van der Waals surface area contributed by atoms with Gasteiger partial charge in [0.2, 0.25) is 0 Å². The molecule has 0 bridgehead atoms. The number of piperidine rings is 1. The average Bonchev–Trinajstić information content (AvgIpc) is 3.13. The van der Waals surface area contributed by atoms with Crippen LogP contribution < -0.4 is 0 Å². The Kier molecular flexibility index (Phi) is 4.88. The predicted octanol–water partition coefficient (Wildman–Crippen LogP) is 3.03. The molecular formula is C20H24N2O2. The van der Waals surface area contributed by atoms with Crippen molar-refractivity contribution in [1.82, 2.24) is 9.88 Å². The van der Waals surface area contributed by atoms with Gasteiger partial charge in [-0.1, -0.05) is 36.4 Å². The number of benzene rings is 1. The van der Waals surface area contributed by atoms with Crippen molar-refractivity contribution in [2.45, 2.75) is 44.2 Å². The van der Waals surface area contributed by atoms with E-state index in [1.807, 2.05) is 24.4 Å². The van der Waals surface area contributed by atoms with E-state index in [1.165, 1.54) is 5.56 Å². The van der Waals surface area contributed by atoms with Gasteiger partial charge in [0.05, 0.1) is 24.5 Å². The normalized spacial score (nSPS) is 27.1. The van der Waals surface area contributed by atoms with Crippen molar-refractivity contribution >= 4 is 0 Å². The van der Waals surface area contributed by atoms with Gasteiger partial charge in [0.15, 0.2) is 0 Å². The molecule has 1 aromatic heterocycles. The maximum Gasteiger partial charge on any atom is 0.0992 e. The lowest BCUT2D eigenvalue weighted by Crippen LogP contribution is -2.52. The van der Waals surface area contributed by atoms with Crippen LogP contribution in [0.5, 0.6) is 0 Å². The highest BCUT2D eigenvalue weighted by Crippen LogP contribution is 2.31. The molecule has 1 aromatic carbocycles. The molecule has 3 atom stereocenters. The second kappa shape index (κ2) is 7.43. The van der Waals surface area contributed by atoms with Crippen LogP contribution in [-0.2, 0) is 22.6 Å². The van der Waals surface area contributed by atoms with E-state index in [0.717, 1.165) is 38.2 Å². The fourth-order valence-electron chi connectivity index (χ4n) is 3.84. The Balaban J connectivity index is 1.38. The minimum Gasteiger partial charge on any atom is -0.374 e. The second-order valence-corrected chi connectivity index (χ2v) is 6.61. The fraction of sp³-hybridized carbons (Fsp3) is 0.450. The topological polar surface area (TPSA) is 34.6 Å². The Morgan fingerprint density at radius 1 is 1.08 bits per heavy atom. The minimum atomic E-state index is 0.173. The number of pyridine rings is 1. The number of nitrogens with zero attached hydrogens (tertiary/aromatic N) is 2. The lowest BCUT2D eigenvalue weighted by molar-refractivity contribution is -0.106. The number of aromatic nitrogens is 1. The smallest absolute Gasteiger partial charge is 0.0992 e. The van der Waals surface area contributed by atoms with Gasteiger partial charge in [0, 0.05) is 31.9 Å². The van der Waals surface area contributed by atoms with Gasteiger partial charge in [-0.25, -0.2) is 0 Å². The SMILES string of the molecule is c1ccc(CN2CC[C@@H](OCc3ccccn3)[C@H]3OCC[C@@H]32)cc1. The van der Waals surface area contributed by atoms with Crippen molar-refractivity contribution in [3.05, 3.63) is 66.0 Å². The molecule has 2 aliphatic rings. The van der Waals surface area contributed by atoms with E-state index >= 15 is 0 Å². The number of rotatable bonds is 5. The zero-order valence-corrected chi connectivity index (χ0v) is 13.9. The first-order chi connectivity index (χ1) is 11.9. The third-order valence-electron chi connectivity index (χ3n) is 5.04. The summed E-state index contributed by atoms with van der Waals surface area (Å²) in [5.74, 6) is 0. The van der Waals surface area contributed by atoms with Crippen molar-refractivity contribution < 1.29 is 9.47 Å². The van der Waals surface area contributed by atoms with Crippen LogP contribution in [0, 0.1) is 0 Å². The number of likely N-dealkylation sites (tertiary alicyclic amines) is 1. The third-order valence-corrected chi connectivity index (χ3v) is 5.04. The Morgan fingerprint density at radius 3 is 2.79 bits per heavy atom. The molecule has 2 saturated heterocycles. The van der Waals surface area contributed by atoms with Gasteiger partial charge in [0.25, 0.3) is 0 Å². The molecule has 2 fully saturated rings. The maximum absolute atomic E-state index is 6.17. The standard InChI is InChI=1S/C20H24N2O2/c1-2-6-16(7-3-1)14-22-12-9-19(20-18(22)10-13-23-20)24-15-17-8-4-5-11-21-17/h1-8,11,18-20H,9-10,12-15H2/t18-,19+,20-/m0/s1. The molecule has 3 heterocycles. The summed E-state index contributed by atoms with van der Waals surface area (Å²) in [5.41, 5.74) is 2.36. The van der Waals surface area contributed by atoms with Crippen LogP contribution in [0.25, 0.3) is 0 Å². The highest BCUT2D eigenvalue weighted by Gasteiger charge is 2.42. The lowest BCUT2D eigenvalue weighted by Gasteiger charge is -2.41. The number of ether oxygens (including phenoxy) is 2. The monoisotopic (exact) mass is 324 g/mol. The van der Waals surface area contributed by atoms with E-state index < -0.39 is 0 Å².